The second-order valence-corrected chi connectivity index (χ2v) is 6.51. The predicted molar refractivity (Wildman–Crippen MR) is 95.5 cm³/mol. The number of hydrogen-bond acceptors (Lipinski definition) is 3. The van der Waals surface area contributed by atoms with E-state index in [1.165, 1.54) is 5.56 Å². The molecule has 1 N–H and O–H groups in total. The number of rotatable bonds is 3. The number of nitrogens with zero attached hydrogens (tertiary/aromatic N) is 2. The summed E-state index contributed by atoms with van der Waals surface area (Å²) in [7, 11) is 0. The summed E-state index contributed by atoms with van der Waals surface area (Å²) in [5.41, 5.74) is 6.52. The van der Waals surface area contributed by atoms with Gasteiger partial charge in [0.05, 0.1) is 11.0 Å². The molecule has 1 unspecified atom stereocenters. The minimum atomic E-state index is 0.155. The summed E-state index contributed by atoms with van der Waals surface area (Å²) >= 11 is 1.72. The highest BCUT2D eigenvalue weighted by Crippen LogP contribution is 2.35. The fraction of sp³-hybridized carbons (Fsp3) is 0.222. The average Bonchev–Trinajstić information content (AvgIpc) is 2.56. The van der Waals surface area contributed by atoms with Gasteiger partial charge < -0.3 is 0 Å². The zero-order valence-electron chi connectivity index (χ0n) is 12.7. The molecule has 3 nitrogen and oxygen atoms in total. The first-order valence-electron chi connectivity index (χ1n) is 7.42. The molecule has 0 amide bonds. The Morgan fingerprint density at radius 3 is 2.27 bits per heavy atom. The molecule has 0 spiro atoms. The molecule has 1 aliphatic rings. The molecule has 0 radical (unpaired) electrons. The molecule has 0 aromatic heterocycles. The number of hydrazone groups is 1. The number of nitrogens with one attached hydrogen (secondary N) is 1. The molecular formula is C18H19N3S. The standard InChI is InChI=1S/C18H19N3S/c1-13(2)19-18-21-20-16(14-9-5-3-6-10-14)17(22-18)15-11-7-4-8-12-15/h3-13,17H,1-2H3,(H,19,21). The van der Waals surface area contributed by atoms with Gasteiger partial charge in [0, 0.05) is 6.04 Å². The van der Waals surface area contributed by atoms with Crippen molar-refractivity contribution in [1.29, 1.82) is 0 Å². The third-order valence-electron chi connectivity index (χ3n) is 3.30. The Morgan fingerprint density at radius 1 is 1.00 bits per heavy atom. The van der Waals surface area contributed by atoms with Crippen LogP contribution >= 0.6 is 11.8 Å². The van der Waals surface area contributed by atoms with Crippen LogP contribution < -0.4 is 5.43 Å². The smallest absolute Gasteiger partial charge is 0.178 e. The second kappa shape index (κ2) is 6.79. The van der Waals surface area contributed by atoms with E-state index in [0.717, 1.165) is 16.4 Å². The summed E-state index contributed by atoms with van der Waals surface area (Å²) < 4.78 is 0. The number of benzene rings is 2. The lowest BCUT2D eigenvalue weighted by Crippen LogP contribution is -2.28. The molecule has 1 atom stereocenters. The first-order valence-corrected chi connectivity index (χ1v) is 8.30. The predicted octanol–water partition coefficient (Wildman–Crippen LogP) is 4.23. The van der Waals surface area contributed by atoms with Gasteiger partial charge in [-0.2, -0.15) is 5.10 Å². The highest BCUT2D eigenvalue weighted by molar-refractivity contribution is 8.14. The van der Waals surface area contributed by atoms with Crippen LogP contribution in [0.5, 0.6) is 0 Å². The van der Waals surface area contributed by atoms with Crippen molar-refractivity contribution < 1.29 is 0 Å². The summed E-state index contributed by atoms with van der Waals surface area (Å²) in [6.07, 6.45) is 0. The molecule has 112 valence electrons. The topological polar surface area (TPSA) is 36.8 Å². The van der Waals surface area contributed by atoms with Crippen molar-refractivity contribution in [3.63, 3.8) is 0 Å². The normalized spacial score (nSPS) is 19.9. The van der Waals surface area contributed by atoms with E-state index in [4.69, 9.17) is 0 Å². The molecule has 22 heavy (non-hydrogen) atoms. The number of thioether (sulfide) groups is 1. The van der Waals surface area contributed by atoms with Crippen LogP contribution in [0.1, 0.15) is 30.2 Å². The van der Waals surface area contributed by atoms with Crippen molar-refractivity contribution >= 4 is 22.6 Å². The van der Waals surface area contributed by atoms with Gasteiger partial charge in [-0.1, -0.05) is 72.4 Å². The molecule has 1 heterocycles. The molecule has 2 aromatic rings. The van der Waals surface area contributed by atoms with Crippen LogP contribution in [0.4, 0.5) is 0 Å². The zero-order chi connectivity index (χ0) is 15.4. The van der Waals surface area contributed by atoms with Gasteiger partial charge in [-0.15, -0.1) is 0 Å². The quantitative estimate of drug-likeness (QED) is 0.921. The van der Waals surface area contributed by atoms with Gasteiger partial charge in [0.2, 0.25) is 0 Å². The van der Waals surface area contributed by atoms with Crippen LogP contribution in [0.25, 0.3) is 0 Å². The molecule has 4 heteroatoms. The van der Waals surface area contributed by atoms with Gasteiger partial charge in [-0.25, -0.2) is 0 Å². The fourth-order valence-corrected chi connectivity index (χ4v) is 3.52. The Bertz CT molecular complexity index is 678. The number of amidine groups is 1. The lowest BCUT2D eigenvalue weighted by atomic mass is 10.0. The van der Waals surface area contributed by atoms with E-state index in [-0.39, 0.29) is 11.3 Å². The first kappa shape index (κ1) is 14.9. The van der Waals surface area contributed by atoms with Crippen molar-refractivity contribution in [2.45, 2.75) is 25.1 Å². The SMILES string of the molecule is CC(C)N=C1NN=C(c2ccccc2)C(c2ccccc2)S1. The largest absolute Gasteiger partial charge is 0.258 e. The summed E-state index contributed by atoms with van der Waals surface area (Å²) in [5, 5.41) is 5.64. The van der Waals surface area contributed by atoms with Crippen LogP contribution in [-0.2, 0) is 0 Å². The Hall–Kier alpha value is -2.07. The summed E-state index contributed by atoms with van der Waals surface area (Å²) in [4.78, 5) is 4.60. The van der Waals surface area contributed by atoms with Crippen molar-refractivity contribution in [3.05, 3.63) is 71.8 Å². The summed E-state index contributed by atoms with van der Waals surface area (Å²) in [6, 6.07) is 21.0. The molecule has 0 fully saturated rings. The first-order chi connectivity index (χ1) is 10.7. The summed E-state index contributed by atoms with van der Waals surface area (Å²) in [6.45, 7) is 4.15. The molecule has 3 rings (SSSR count). The highest BCUT2D eigenvalue weighted by atomic mass is 32.2. The lowest BCUT2D eigenvalue weighted by Gasteiger charge is -2.25. The third-order valence-corrected chi connectivity index (χ3v) is 4.45. The molecular weight excluding hydrogens is 290 g/mol. The van der Waals surface area contributed by atoms with E-state index in [1.807, 2.05) is 24.3 Å². The minimum absolute atomic E-state index is 0.155. The molecule has 1 aliphatic heterocycles. The Balaban J connectivity index is 2.00. The molecule has 0 saturated carbocycles. The van der Waals surface area contributed by atoms with E-state index < -0.39 is 0 Å². The van der Waals surface area contributed by atoms with Gasteiger partial charge in [-0.3, -0.25) is 10.4 Å². The van der Waals surface area contributed by atoms with Crippen LogP contribution in [0.2, 0.25) is 0 Å². The minimum Gasteiger partial charge on any atom is -0.258 e. The molecule has 0 saturated heterocycles. The maximum Gasteiger partial charge on any atom is 0.178 e. The van der Waals surface area contributed by atoms with E-state index in [1.54, 1.807) is 11.8 Å². The molecule has 0 bridgehead atoms. The average molecular weight is 309 g/mol. The van der Waals surface area contributed by atoms with Crippen LogP contribution in [0.15, 0.2) is 70.8 Å². The van der Waals surface area contributed by atoms with E-state index in [0.29, 0.717) is 0 Å². The second-order valence-electron chi connectivity index (χ2n) is 5.41. The van der Waals surface area contributed by atoms with Crippen molar-refractivity contribution in [2.24, 2.45) is 10.1 Å². The van der Waals surface area contributed by atoms with Crippen molar-refractivity contribution in [1.82, 2.24) is 5.43 Å². The molecule has 2 aromatic carbocycles. The van der Waals surface area contributed by atoms with Gasteiger partial charge in [0.1, 0.15) is 0 Å². The Labute approximate surface area is 135 Å². The van der Waals surface area contributed by atoms with E-state index in [9.17, 15) is 0 Å². The Morgan fingerprint density at radius 2 is 1.64 bits per heavy atom. The third kappa shape index (κ3) is 3.39. The van der Waals surface area contributed by atoms with Gasteiger partial charge in [0.15, 0.2) is 5.17 Å². The van der Waals surface area contributed by atoms with E-state index >= 15 is 0 Å². The number of aliphatic imine (C=N–C) groups is 1. The maximum atomic E-state index is 4.61. The fourth-order valence-electron chi connectivity index (χ4n) is 2.33. The summed E-state index contributed by atoms with van der Waals surface area (Å²) in [5.74, 6) is 0. The monoisotopic (exact) mass is 309 g/mol. The van der Waals surface area contributed by atoms with Crippen LogP contribution in [0, 0.1) is 0 Å². The van der Waals surface area contributed by atoms with Crippen LogP contribution in [-0.4, -0.2) is 16.9 Å². The van der Waals surface area contributed by atoms with Crippen molar-refractivity contribution in [3.8, 4) is 0 Å². The van der Waals surface area contributed by atoms with Gasteiger partial charge >= 0.3 is 0 Å². The molecule has 0 aliphatic carbocycles. The maximum absolute atomic E-state index is 4.61. The zero-order valence-corrected chi connectivity index (χ0v) is 13.5. The highest BCUT2D eigenvalue weighted by Gasteiger charge is 2.26. The van der Waals surface area contributed by atoms with Crippen LogP contribution in [0.3, 0.4) is 0 Å². The Kier molecular flexibility index (Phi) is 4.59. The van der Waals surface area contributed by atoms with E-state index in [2.05, 4.69) is 65.8 Å². The lowest BCUT2D eigenvalue weighted by molar-refractivity contribution is 0.825. The van der Waals surface area contributed by atoms with Gasteiger partial charge in [0.25, 0.3) is 0 Å². The van der Waals surface area contributed by atoms with Gasteiger partial charge in [-0.05, 0) is 25.0 Å². The number of hydrogen-bond donors (Lipinski definition) is 1. The van der Waals surface area contributed by atoms with Crippen molar-refractivity contribution in [2.75, 3.05) is 0 Å².